The number of hydrogen-bond donors (Lipinski definition) is 0. The quantitative estimate of drug-likeness (QED) is 0.164. The first-order chi connectivity index (χ1) is 28.7. The fourth-order valence-electron chi connectivity index (χ4n) is 8.37. The molecule has 6 heteroatoms. The van der Waals surface area contributed by atoms with Crippen molar-refractivity contribution in [2.24, 2.45) is 0 Å². The molecule has 0 aliphatic rings. The molecular formula is C52H30N4OS. The molecule has 0 saturated heterocycles. The fourth-order valence-corrected chi connectivity index (χ4v) is 9.61. The lowest BCUT2D eigenvalue weighted by molar-refractivity contribution is 0.669. The smallest absolute Gasteiger partial charge is 0.167 e. The summed E-state index contributed by atoms with van der Waals surface area (Å²) in [6.45, 7) is 0. The standard InChI is InChI=1S/C52H30N4OS/c1-3-13-31(14-4-1)47-40-27-26-38-42-30-34(25-28-45(42)58-49(38)46(40)39-20-7-9-23-43(39)53-47)33-17-11-18-35(29-33)51-54-50(32-15-5-2-6-16-32)55-52(56-51)41-22-12-21-37-36-19-8-10-24-44(36)57-48(37)41/h1-30H. The zero-order chi connectivity index (χ0) is 38.2. The number of para-hydroxylation sites is 3. The molecule has 4 aromatic heterocycles. The van der Waals surface area contributed by atoms with E-state index in [0.29, 0.717) is 17.5 Å². The van der Waals surface area contributed by atoms with Crippen LogP contribution < -0.4 is 0 Å². The van der Waals surface area contributed by atoms with Crippen molar-refractivity contribution < 1.29 is 4.42 Å². The van der Waals surface area contributed by atoms with Crippen molar-refractivity contribution in [1.29, 1.82) is 0 Å². The van der Waals surface area contributed by atoms with Crippen LogP contribution in [0.25, 0.3) is 120 Å². The Hall–Kier alpha value is -7.54. The van der Waals surface area contributed by atoms with Gasteiger partial charge in [-0.25, -0.2) is 19.9 Å². The highest BCUT2D eigenvalue weighted by molar-refractivity contribution is 7.26. The van der Waals surface area contributed by atoms with Crippen LogP contribution in [0.2, 0.25) is 0 Å². The molecule has 0 aliphatic heterocycles. The van der Waals surface area contributed by atoms with E-state index in [1.54, 1.807) is 0 Å². The van der Waals surface area contributed by atoms with E-state index < -0.39 is 0 Å². The predicted molar refractivity (Wildman–Crippen MR) is 240 cm³/mol. The minimum Gasteiger partial charge on any atom is -0.455 e. The van der Waals surface area contributed by atoms with Gasteiger partial charge in [0, 0.05) is 63.8 Å². The number of nitrogens with zero attached hydrogens (tertiary/aromatic N) is 4. The molecule has 12 rings (SSSR count). The first-order valence-electron chi connectivity index (χ1n) is 19.3. The average molecular weight is 759 g/mol. The van der Waals surface area contributed by atoms with Crippen LogP contribution in [-0.2, 0) is 0 Å². The maximum atomic E-state index is 6.43. The molecule has 0 atom stereocenters. The first kappa shape index (κ1) is 32.7. The fraction of sp³-hybridized carbons (Fsp3) is 0. The predicted octanol–water partition coefficient (Wildman–Crippen LogP) is 14.2. The van der Waals surface area contributed by atoms with Crippen LogP contribution in [0.5, 0.6) is 0 Å². The van der Waals surface area contributed by atoms with Gasteiger partial charge in [-0.3, -0.25) is 0 Å². The van der Waals surface area contributed by atoms with Crippen molar-refractivity contribution in [3.8, 4) is 56.5 Å². The second-order valence-corrected chi connectivity index (χ2v) is 15.6. The summed E-state index contributed by atoms with van der Waals surface area (Å²) in [5.41, 5.74) is 9.59. The highest BCUT2D eigenvalue weighted by Crippen LogP contribution is 2.44. The molecule has 12 aromatic rings. The molecule has 4 heterocycles. The largest absolute Gasteiger partial charge is 0.455 e. The highest BCUT2D eigenvalue weighted by atomic mass is 32.1. The van der Waals surface area contributed by atoms with Crippen LogP contribution >= 0.6 is 11.3 Å². The van der Waals surface area contributed by atoms with Gasteiger partial charge in [-0.2, -0.15) is 0 Å². The van der Waals surface area contributed by atoms with E-state index in [9.17, 15) is 0 Å². The number of aromatic nitrogens is 4. The normalized spacial score (nSPS) is 11.8. The van der Waals surface area contributed by atoms with Crippen molar-refractivity contribution in [3.63, 3.8) is 0 Å². The lowest BCUT2D eigenvalue weighted by Gasteiger charge is -2.11. The number of rotatable bonds is 5. The lowest BCUT2D eigenvalue weighted by Crippen LogP contribution is -2.00. The van der Waals surface area contributed by atoms with E-state index in [4.69, 9.17) is 24.4 Å². The van der Waals surface area contributed by atoms with Gasteiger partial charge in [-0.1, -0.05) is 146 Å². The monoisotopic (exact) mass is 758 g/mol. The molecule has 58 heavy (non-hydrogen) atoms. The number of furan rings is 1. The zero-order valence-corrected chi connectivity index (χ0v) is 31.7. The summed E-state index contributed by atoms with van der Waals surface area (Å²) >= 11 is 1.85. The number of hydrogen-bond acceptors (Lipinski definition) is 6. The Morgan fingerprint density at radius 2 is 1.02 bits per heavy atom. The van der Waals surface area contributed by atoms with Gasteiger partial charge in [0.1, 0.15) is 11.2 Å². The van der Waals surface area contributed by atoms with Crippen LogP contribution in [0.1, 0.15) is 0 Å². The first-order valence-corrected chi connectivity index (χ1v) is 20.1. The van der Waals surface area contributed by atoms with Crippen LogP contribution in [0.4, 0.5) is 0 Å². The third-order valence-electron chi connectivity index (χ3n) is 11.1. The molecule has 0 saturated carbocycles. The Morgan fingerprint density at radius 3 is 1.88 bits per heavy atom. The summed E-state index contributed by atoms with van der Waals surface area (Å²) in [4.78, 5) is 20.4. The van der Waals surface area contributed by atoms with Crippen molar-refractivity contribution in [2.45, 2.75) is 0 Å². The van der Waals surface area contributed by atoms with Crippen molar-refractivity contribution in [2.75, 3.05) is 0 Å². The van der Waals surface area contributed by atoms with Crippen LogP contribution in [0.15, 0.2) is 186 Å². The Bertz CT molecular complexity index is 3570. The minimum atomic E-state index is 0.565. The Morgan fingerprint density at radius 1 is 0.379 bits per heavy atom. The summed E-state index contributed by atoms with van der Waals surface area (Å²) in [5, 5.41) is 8.17. The third kappa shape index (κ3) is 5.23. The summed E-state index contributed by atoms with van der Waals surface area (Å²) in [5.74, 6) is 1.77. The van der Waals surface area contributed by atoms with Crippen LogP contribution in [0, 0.1) is 0 Å². The minimum absolute atomic E-state index is 0.565. The van der Waals surface area contributed by atoms with Gasteiger partial charge in [-0.05, 0) is 47.5 Å². The molecule has 270 valence electrons. The molecule has 0 fully saturated rings. The topological polar surface area (TPSA) is 64.7 Å². The summed E-state index contributed by atoms with van der Waals surface area (Å²) in [6, 6.07) is 63.2. The molecule has 8 aromatic carbocycles. The maximum absolute atomic E-state index is 6.43. The average Bonchev–Trinajstić information content (AvgIpc) is 3.87. The second kappa shape index (κ2) is 13.0. The second-order valence-electron chi connectivity index (χ2n) is 14.6. The van der Waals surface area contributed by atoms with E-state index in [-0.39, 0.29) is 0 Å². The van der Waals surface area contributed by atoms with Gasteiger partial charge in [0.2, 0.25) is 0 Å². The summed E-state index contributed by atoms with van der Waals surface area (Å²) in [7, 11) is 0. The molecule has 0 N–H and O–H groups in total. The molecule has 0 unspecified atom stereocenters. The van der Waals surface area contributed by atoms with E-state index in [2.05, 4.69) is 121 Å². The molecule has 5 nitrogen and oxygen atoms in total. The van der Waals surface area contributed by atoms with E-state index >= 15 is 0 Å². The number of pyridine rings is 1. The Labute approximate surface area is 336 Å². The van der Waals surface area contributed by atoms with E-state index in [1.807, 2.05) is 72.0 Å². The van der Waals surface area contributed by atoms with Gasteiger partial charge in [-0.15, -0.1) is 11.3 Å². The maximum Gasteiger partial charge on any atom is 0.167 e. The SMILES string of the molecule is c1ccc(-c2nc(-c3cccc(-c4ccc5sc6c(ccc7c(-c8ccccc8)nc8ccccc8c76)c5c4)c3)nc(-c3cccc4c3oc3ccccc34)n2)cc1. The number of fused-ring (bicyclic) bond motifs is 10. The van der Waals surface area contributed by atoms with Crippen LogP contribution in [0.3, 0.4) is 0 Å². The third-order valence-corrected chi connectivity index (χ3v) is 12.3. The van der Waals surface area contributed by atoms with Gasteiger partial charge < -0.3 is 4.42 Å². The van der Waals surface area contributed by atoms with Crippen molar-refractivity contribution in [1.82, 2.24) is 19.9 Å². The molecule has 0 spiro atoms. The zero-order valence-electron chi connectivity index (χ0n) is 30.9. The Kier molecular flexibility index (Phi) is 7.33. The molecule has 0 bridgehead atoms. The molecule has 0 radical (unpaired) electrons. The molecule has 0 amide bonds. The van der Waals surface area contributed by atoms with Gasteiger partial charge in [0.15, 0.2) is 17.5 Å². The summed E-state index contributed by atoms with van der Waals surface area (Å²) in [6.07, 6.45) is 0. The number of benzene rings is 8. The summed E-state index contributed by atoms with van der Waals surface area (Å²) < 4.78 is 8.96. The van der Waals surface area contributed by atoms with Crippen molar-refractivity contribution >= 4 is 75.1 Å². The van der Waals surface area contributed by atoms with Gasteiger partial charge in [0.25, 0.3) is 0 Å². The lowest BCUT2D eigenvalue weighted by atomic mass is 9.97. The van der Waals surface area contributed by atoms with Gasteiger partial charge >= 0.3 is 0 Å². The van der Waals surface area contributed by atoms with Crippen molar-refractivity contribution in [3.05, 3.63) is 182 Å². The van der Waals surface area contributed by atoms with Crippen LogP contribution in [-0.4, -0.2) is 19.9 Å². The molecular weight excluding hydrogens is 729 g/mol. The van der Waals surface area contributed by atoms with E-state index in [0.717, 1.165) is 66.5 Å². The Balaban J connectivity index is 1.01. The van der Waals surface area contributed by atoms with E-state index in [1.165, 1.54) is 36.3 Å². The van der Waals surface area contributed by atoms with Gasteiger partial charge in [0.05, 0.1) is 16.8 Å². The highest BCUT2D eigenvalue weighted by Gasteiger charge is 2.19. The number of thiophene rings is 1. The molecule has 0 aliphatic carbocycles.